The third-order valence-corrected chi connectivity index (χ3v) is 2.54. The number of hydrogen-bond donors (Lipinski definition) is 0. The zero-order valence-electron chi connectivity index (χ0n) is 8.83. The largest absolute Gasteiger partial charge is 0.477 e. The minimum absolute atomic E-state index is 0.307. The van der Waals surface area contributed by atoms with Gasteiger partial charge < -0.3 is 9.64 Å². The quantitative estimate of drug-likeness (QED) is 0.587. The summed E-state index contributed by atoms with van der Waals surface area (Å²) in [5, 5.41) is 0. The molecule has 1 atom stereocenters. The number of unbranched alkanes of at least 4 members (excludes halogenated alkanes) is 4. The van der Waals surface area contributed by atoms with Crippen molar-refractivity contribution in [2.24, 2.45) is 0 Å². The predicted octanol–water partition coefficient (Wildman–Crippen LogP) is 3.11. The Kier molecular flexibility index (Phi) is 4.73. The van der Waals surface area contributed by atoms with Gasteiger partial charge in [0.05, 0.1) is 0 Å². The number of ether oxygens (including phenoxy) is 1. The summed E-state index contributed by atoms with van der Waals surface area (Å²) in [6, 6.07) is 0. The van der Waals surface area contributed by atoms with E-state index in [1.807, 2.05) is 6.20 Å². The van der Waals surface area contributed by atoms with Gasteiger partial charge in [-0.2, -0.15) is 0 Å². The van der Waals surface area contributed by atoms with E-state index < -0.39 is 0 Å². The SMILES string of the molecule is CCCCCCCC1OC=CN1C. The Bertz CT molecular complexity index is 156. The van der Waals surface area contributed by atoms with Crippen molar-refractivity contribution in [1.82, 2.24) is 4.90 Å². The lowest BCUT2D eigenvalue weighted by Gasteiger charge is -2.19. The molecule has 0 amide bonds. The molecule has 76 valence electrons. The maximum Gasteiger partial charge on any atom is 0.170 e. The van der Waals surface area contributed by atoms with Crippen molar-refractivity contribution in [3.8, 4) is 0 Å². The standard InChI is InChI=1S/C11H21NO/c1-3-4-5-6-7-8-11-12(2)9-10-13-11/h9-11H,3-8H2,1-2H3. The number of rotatable bonds is 6. The fourth-order valence-electron chi connectivity index (χ4n) is 1.61. The summed E-state index contributed by atoms with van der Waals surface area (Å²) in [6.07, 6.45) is 12.0. The monoisotopic (exact) mass is 183 g/mol. The Balaban J connectivity index is 1.94. The van der Waals surface area contributed by atoms with E-state index in [0.717, 1.165) is 6.42 Å². The molecule has 13 heavy (non-hydrogen) atoms. The van der Waals surface area contributed by atoms with Gasteiger partial charge in [0.1, 0.15) is 6.26 Å². The second-order valence-electron chi connectivity index (χ2n) is 3.74. The van der Waals surface area contributed by atoms with Crippen molar-refractivity contribution < 1.29 is 4.74 Å². The van der Waals surface area contributed by atoms with Crippen molar-refractivity contribution in [2.45, 2.75) is 51.7 Å². The molecule has 0 fully saturated rings. The van der Waals surface area contributed by atoms with Crippen LogP contribution in [0, 0.1) is 0 Å². The Hall–Kier alpha value is -0.660. The van der Waals surface area contributed by atoms with E-state index in [2.05, 4.69) is 18.9 Å². The highest BCUT2D eigenvalue weighted by molar-refractivity contribution is 4.83. The highest BCUT2D eigenvalue weighted by Gasteiger charge is 2.15. The zero-order valence-corrected chi connectivity index (χ0v) is 8.83. The van der Waals surface area contributed by atoms with Crippen LogP contribution in [0.15, 0.2) is 12.5 Å². The summed E-state index contributed by atoms with van der Waals surface area (Å²) in [4.78, 5) is 2.14. The molecule has 0 aliphatic carbocycles. The molecule has 0 spiro atoms. The molecule has 1 unspecified atom stereocenters. The van der Waals surface area contributed by atoms with Crippen LogP contribution in [-0.2, 0) is 4.74 Å². The van der Waals surface area contributed by atoms with E-state index in [-0.39, 0.29) is 0 Å². The Morgan fingerprint density at radius 1 is 1.23 bits per heavy atom. The molecule has 0 radical (unpaired) electrons. The summed E-state index contributed by atoms with van der Waals surface area (Å²) in [7, 11) is 2.07. The molecule has 0 saturated heterocycles. The second-order valence-corrected chi connectivity index (χ2v) is 3.74. The zero-order chi connectivity index (χ0) is 9.52. The van der Waals surface area contributed by atoms with Gasteiger partial charge in [-0.3, -0.25) is 0 Å². The van der Waals surface area contributed by atoms with Gasteiger partial charge in [0.2, 0.25) is 0 Å². The molecule has 1 aliphatic heterocycles. The maximum atomic E-state index is 5.42. The summed E-state index contributed by atoms with van der Waals surface area (Å²) < 4.78 is 5.42. The lowest BCUT2D eigenvalue weighted by molar-refractivity contribution is 0.0627. The second kappa shape index (κ2) is 5.90. The molecule has 1 heterocycles. The fourth-order valence-corrected chi connectivity index (χ4v) is 1.61. The molecule has 0 aromatic heterocycles. The Morgan fingerprint density at radius 2 is 2.00 bits per heavy atom. The van der Waals surface area contributed by atoms with E-state index in [4.69, 9.17) is 4.74 Å². The first-order valence-corrected chi connectivity index (χ1v) is 5.38. The van der Waals surface area contributed by atoms with Gasteiger partial charge in [0.25, 0.3) is 0 Å². The van der Waals surface area contributed by atoms with Crippen LogP contribution < -0.4 is 0 Å². The molecular weight excluding hydrogens is 162 g/mol. The van der Waals surface area contributed by atoms with Crippen molar-refractivity contribution in [3.05, 3.63) is 12.5 Å². The average Bonchev–Trinajstić information content (AvgIpc) is 2.52. The van der Waals surface area contributed by atoms with E-state index in [1.165, 1.54) is 32.1 Å². The van der Waals surface area contributed by atoms with Gasteiger partial charge in [-0.25, -0.2) is 0 Å². The predicted molar refractivity (Wildman–Crippen MR) is 55.2 cm³/mol. The molecule has 2 heteroatoms. The van der Waals surface area contributed by atoms with Crippen LogP contribution in [0.5, 0.6) is 0 Å². The summed E-state index contributed by atoms with van der Waals surface area (Å²) in [5.41, 5.74) is 0. The Morgan fingerprint density at radius 3 is 2.62 bits per heavy atom. The first-order valence-electron chi connectivity index (χ1n) is 5.38. The van der Waals surface area contributed by atoms with Gasteiger partial charge in [0, 0.05) is 19.7 Å². The number of nitrogens with zero attached hydrogens (tertiary/aromatic N) is 1. The van der Waals surface area contributed by atoms with Crippen LogP contribution in [-0.4, -0.2) is 18.2 Å². The third kappa shape index (κ3) is 3.71. The molecule has 1 rings (SSSR count). The molecular formula is C11H21NO. The van der Waals surface area contributed by atoms with Crippen LogP contribution in [0.2, 0.25) is 0 Å². The molecule has 0 aromatic rings. The van der Waals surface area contributed by atoms with Crippen molar-refractivity contribution in [3.63, 3.8) is 0 Å². The van der Waals surface area contributed by atoms with Gasteiger partial charge in [-0.05, 0) is 6.42 Å². The van der Waals surface area contributed by atoms with E-state index >= 15 is 0 Å². The summed E-state index contributed by atoms with van der Waals surface area (Å²) >= 11 is 0. The van der Waals surface area contributed by atoms with Crippen LogP contribution in [0.1, 0.15) is 45.4 Å². The van der Waals surface area contributed by atoms with Gasteiger partial charge in [-0.1, -0.05) is 32.6 Å². The first kappa shape index (κ1) is 10.4. The van der Waals surface area contributed by atoms with Crippen LogP contribution in [0.4, 0.5) is 0 Å². The molecule has 1 aliphatic rings. The van der Waals surface area contributed by atoms with Crippen molar-refractivity contribution >= 4 is 0 Å². The third-order valence-electron chi connectivity index (χ3n) is 2.54. The van der Waals surface area contributed by atoms with Gasteiger partial charge in [-0.15, -0.1) is 0 Å². The Labute approximate surface area is 81.6 Å². The fraction of sp³-hybridized carbons (Fsp3) is 0.818. The first-order chi connectivity index (χ1) is 6.34. The minimum Gasteiger partial charge on any atom is -0.477 e. The minimum atomic E-state index is 0.307. The smallest absolute Gasteiger partial charge is 0.170 e. The van der Waals surface area contributed by atoms with Crippen LogP contribution >= 0.6 is 0 Å². The van der Waals surface area contributed by atoms with E-state index in [1.54, 1.807) is 6.26 Å². The highest BCUT2D eigenvalue weighted by Crippen LogP contribution is 2.16. The molecule has 0 N–H and O–H groups in total. The maximum absolute atomic E-state index is 5.42. The highest BCUT2D eigenvalue weighted by atomic mass is 16.5. The summed E-state index contributed by atoms with van der Waals surface area (Å²) in [6.45, 7) is 2.25. The van der Waals surface area contributed by atoms with Crippen LogP contribution in [0.25, 0.3) is 0 Å². The van der Waals surface area contributed by atoms with Gasteiger partial charge >= 0.3 is 0 Å². The number of hydrogen-bond acceptors (Lipinski definition) is 2. The van der Waals surface area contributed by atoms with E-state index in [9.17, 15) is 0 Å². The van der Waals surface area contributed by atoms with E-state index in [0.29, 0.717) is 6.23 Å². The van der Waals surface area contributed by atoms with Crippen LogP contribution in [0.3, 0.4) is 0 Å². The molecule has 0 bridgehead atoms. The van der Waals surface area contributed by atoms with Gasteiger partial charge in [0.15, 0.2) is 6.23 Å². The normalized spacial score (nSPS) is 20.8. The topological polar surface area (TPSA) is 12.5 Å². The lowest BCUT2D eigenvalue weighted by Crippen LogP contribution is -2.23. The lowest BCUT2D eigenvalue weighted by atomic mass is 10.1. The molecule has 0 aromatic carbocycles. The van der Waals surface area contributed by atoms with Crippen molar-refractivity contribution in [1.29, 1.82) is 0 Å². The summed E-state index contributed by atoms with van der Waals surface area (Å²) in [5.74, 6) is 0. The van der Waals surface area contributed by atoms with Crippen molar-refractivity contribution in [2.75, 3.05) is 7.05 Å². The molecule has 2 nitrogen and oxygen atoms in total. The molecule has 0 saturated carbocycles. The average molecular weight is 183 g/mol.